The van der Waals surface area contributed by atoms with Crippen molar-refractivity contribution in [1.29, 1.82) is 0 Å². The second kappa shape index (κ2) is 7.04. The smallest absolute Gasteiger partial charge is 0.358 e. The summed E-state index contributed by atoms with van der Waals surface area (Å²) in [5.41, 5.74) is 0.635. The molecule has 1 N–H and O–H groups in total. The molecule has 6 rings (SSSR count). The van der Waals surface area contributed by atoms with Crippen LogP contribution in [0.2, 0.25) is 5.02 Å². The number of hydrogen-bond acceptors (Lipinski definition) is 7. The number of nitrogens with zero attached hydrogens (tertiary/aromatic N) is 5. The molecule has 2 aromatic rings. The first-order valence-corrected chi connectivity index (χ1v) is 10.7. The fourth-order valence-electron chi connectivity index (χ4n) is 6.17. The van der Waals surface area contributed by atoms with Gasteiger partial charge in [0.2, 0.25) is 0 Å². The molecule has 0 aliphatic heterocycles. The Kier molecular flexibility index (Phi) is 4.57. The zero-order chi connectivity index (χ0) is 21.0. The van der Waals surface area contributed by atoms with Crippen LogP contribution in [0.4, 0.5) is 5.82 Å². The highest BCUT2D eigenvalue weighted by Gasteiger charge is 2.50. The van der Waals surface area contributed by atoms with Crippen LogP contribution >= 0.6 is 11.6 Å². The molecule has 1 amide bonds. The molecule has 11 heteroatoms. The van der Waals surface area contributed by atoms with E-state index in [2.05, 4.69) is 20.6 Å². The number of carbonyl (C=O) groups excluding carboxylic acids is 1. The molecular formula is C19H23ClN6O4. The molecule has 0 unspecified atom stereocenters. The van der Waals surface area contributed by atoms with Crippen LogP contribution in [0.15, 0.2) is 4.52 Å². The third kappa shape index (κ3) is 3.36. The predicted octanol–water partition coefficient (Wildman–Crippen LogP) is 3.13. The minimum Gasteiger partial charge on any atom is -0.358 e. The van der Waals surface area contributed by atoms with Gasteiger partial charge in [0, 0.05) is 6.54 Å². The Morgan fingerprint density at radius 3 is 2.50 bits per heavy atom. The number of carbonyl (C=O) groups is 1. The quantitative estimate of drug-likeness (QED) is 0.546. The SMILES string of the molecule is Cc1c(Cl)c([N+](=O)[O-])nn1Cc1noc(C(=O)NCC23CC4CC(CC(C4)C2)C3)n1. The molecule has 0 aromatic carbocycles. The highest BCUT2D eigenvalue weighted by atomic mass is 35.5. The molecule has 4 saturated carbocycles. The number of hydrogen-bond donors (Lipinski definition) is 1. The number of halogens is 1. The van der Waals surface area contributed by atoms with Crippen LogP contribution in [0.25, 0.3) is 0 Å². The van der Waals surface area contributed by atoms with Crippen molar-refractivity contribution >= 4 is 23.3 Å². The Morgan fingerprint density at radius 2 is 1.93 bits per heavy atom. The first-order chi connectivity index (χ1) is 14.3. The van der Waals surface area contributed by atoms with E-state index >= 15 is 0 Å². The maximum absolute atomic E-state index is 12.6. The lowest BCUT2D eigenvalue weighted by Crippen LogP contribution is -2.51. The van der Waals surface area contributed by atoms with Crippen LogP contribution in [0.5, 0.6) is 0 Å². The molecule has 0 radical (unpaired) electrons. The lowest BCUT2D eigenvalue weighted by Gasteiger charge is -2.56. The van der Waals surface area contributed by atoms with E-state index in [1.165, 1.54) is 43.2 Å². The van der Waals surface area contributed by atoms with Crippen molar-refractivity contribution in [2.75, 3.05) is 6.54 Å². The number of nitrogens with one attached hydrogen (secondary N) is 1. The van der Waals surface area contributed by atoms with Crippen molar-refractivity contribution in [1.82, 2.24) is 25.2 Å². The lowest BCUT2D eigenvalue weighted by atomic mass is 9.49. The first kappa shape index (κ1) is 19.5. The molecule has 2 aromatic heterocycles. The van der Waals surface area contributed by atoms with Gasteiger partial charge in [-0.3, -0.25) is 4.79 Å². The molecule has 30 heavy (non-hydrogen) atoms. The summed E-state index contributed by atoms with van der Waals surface area (Å²) in [6.07, 6.45) is 7.67. The third-order valence-corrected chi connectivity index (χ3v) is 7.47. The fraction of sp³-hybridized carbons (Fsp3) is 0.684. The van der Waals surface area contributed by atoms with Crippen LogP contribution in [0, 0.1) is 40.2 Å². The number of amides is 1. The molecule has 4 aliphatic rings. The van der Waals surface area contributed by atoms with Crippen LogP contribution < -0.4 is 5.32 Å². The van der Waals surface area contributed by atoms with Gasteiger partial charge in [-0.15, -0.1) is 0 Å². The van der Waals surface area contributed by atoms with E-state index in [9.17, 15) is 14.9 Å². The highest BCUT2D eigenvalue weighted by molar-refractivity contribution is 6.33. The lowest BCUT2D eigenvalue weighted by molar-refractivity contribution is -0.389. The van der Waals surface area contributed by atoms with Gasteiger partial charge in [0.25, 0.3) is 0 Å². The van der Waals surface area contributed by atoms with Crippen molar-refractivity contribution < 1.29 is 14.2 Å². The monoisotopic (exact) mass is 434 g/mol. The van der Waals surface area contributed by atoms with E-state index in [4.69, 9.17) is 16.1 Å². The zero-order valence-electron chi connectivity index (χ0n) is 16.6. The summed E-state index contributed by atoms with van der Waals surface area (Å²) in [6, 6.07) is 0. The summed E-state index contributed by atoms with van der Waals surface area (Å²) in [7, 11) is 0. The van der Waals surface area contributed by atoms with Crippen LogP contribution in [0.1, 0.15) is 60.7 Å². The number of aromatic nitrogens is 4. The standard InChI is InChI=1S/C19H23ClN6O4/c1-10-15(20)16(26(28)29)23-25(10)8-14-22-18(30-24-14)17(27)21-9-19-5-11-2-12(6-19)4-13(3-11)7-19/h11-13H,2-9H2,1H3,(H,21,27). The van der Waals surface area contributed by atoms with Crippen molar-refractivity contribution in [3.8, 4) is 0 Å². The Hall–Kier alpha value is -2.49. The third-order valence-electron chi connectivity index (χ3n) is 7.03. The van der Waals surface area contributed by atoms with Gasteiger partial charge < -0.3 is 20.0 Å². The molecule has 0 spiro atoms. The fourth-order valence-corrected chi connectivity index (χ4v) is 6.38. The topological polar surface area (TPSA) is 129 Å². The predicted molar refractivity (Wildman–Crippen MR) is 105 cm³/mol. The molecule has 4 bridgehead atoms. The van der Waals surface area contributed by atoms with Crippen molar-refractivity contribution in [3.63, 3.8) is 0 Å². The molecule has 0 saturated heterocycles. The van der Waals surface area contributed by atoms with Gasteiger partial charge in [-0.2, -0.15) is 9.67 Å². The molecule has 4 fully saturated rings. The van der Waals surface area contributed by atoms with Gasteiger partial charge in [0.1, 0.15) is 6.54 Å². The van der Waals surface area contributed by atoms with Crippen LogP contribution in [-0.4, -0.2) is 37.3 Å². The van der Waals surface area contributed by atoms with Gasteiger partial charge in [0.15, 0.2) is 10.8 Å². The van der Waals surface area contributed by atoms with E-state index in [1.807, 2.05) is 0 Å². The van der Waals surface area contributed by atoms with Crippen molar-refractivity contribution in [2.24, 2.45) is 23.2 Å². The maximum Gasteiger partial charge on any atom is 0.408 e. The number of nitro groups is 1. The average molecular weight is 435 g/mol. The largest absolute Gasteiger partial charge is 0.408 e. The Balaban J connectivity index is 1.23. The zero-order valence-corrected chi connectivity index (χ0v) is 17.4. The maximum atomic E-state index is 12.6. The van der Waals surface area contributed by atoms with E-state index in [0.717, 1.165) is 17.8 Å². The second-order valence-electron chi connectivity index (χ2n) is 9.25. The molecular weight excluding hydrogens is 412 g/mol. The summed E-state index contributed by atoms with van der Waals surface area (Å²) in [6.45, 7) is 2.28. The highest BCUT2D eigenvalue weighted by Crippen LogP contribution is 2.59. The van der Waals surface area contributed by atoms with E-state index in [1.54, 1.807) is 6.92 Å². The van der Waals surface area contributed by atoms with Crippen molar-refractivity contribution in [3.05, 3.63) is 32.5 Å². The Bertz CT molecular complexity index is 980. The van der Waals surface area contributed by atoms with Crippen molar-refractivity contribution in [2.45, 2.75) is 52.0 Å². The van der Waals surface area contributed by atoms with Crippen LogP contribution in [-0.2, 0) is 6.54 Å². The van der Waals surface area contributed by atoms with Gasteiger partial charge in [-0.05, 0) is 73.5 Å². The van der Waals surface area contributed by atoms with E-state index < -0.39 is 10.7 Å². The van der Waals surface area contributed by atoms with Crippen LogP contribution in [0.3, 0.4) is 0 Å². The molecule has 160 valence electrons. The van der Waals surface area contributed by atoms with Gasteiger partial charge in [-0.1, -0.05) is 16.8 Å². The molecule has 0 atom stereocenters. The Labute approximate surface area is 177 Å². The minimum absolute atomic E-state index is 0.0190. The second-order valence-corrected chi connectivity index (χ2v) is 9.63. The van der Waals surface area contributed by atoms with E-state index in [-0.39, 0.29) is 34.6 Å². The summed E-state index contributed by atoms with van der Waals surface area (Å²) in [5, 5.41) is 21.6. The summed E-state index contributed by atoms with van der Waals surface area (Å²) < 4.78 is 6.44. The van der Waals surface area contributed by atoms with Gasteiger partial charge >= 0.3 is 17.6 Å². The van der Waals surface area contributed by atoms with Gasteiger partial charge in [0.05, 0.1) is 10.8 Å². The minimum atomic E-state index is -0.647. The molecule has 4 aliphatic carbocycles. The Morgan fingerprint density at radius 1 is 1.30 bits per heavy atom. The normalized spacial score (nSPS) is 29.3. The van der Waals surface area contributed by atoms with E-state index in [0.29, 0.717) is 12.2 Å². The van der Waals surface area contributed by atoms with Gasteiger partial charge in [-0.25, -0.2) is 0 Å². The summed E-state index contributed by atoms with van der Waals surface area (Å²) >= 11 is 5.95. The summed E-state index contributed by atoms with van der Waals surface area (Å²) in [5.74, 6) is 1.73. The molecule has 10 nitrogen and oxygen atoms in total. The average Bonchev–Trinajstić information content (AvgIpc) is 3.26. The number of rotatable bonds is 6. The first-order valence-electron chi connectivity index (χ1n) is 10.3. The molecule has 2 heterocycles. The summed E-state index contributed by atoms with van der Waals surface area (Å²) in [4.78, 5) is 27.0.